The maximum absolute atomic E-state index is 4.18. The summed E-state index contributed by atoms with van der Waals surface area (Å²) in [5.41, 5.74) is 1.87. The highest BCUT2D eigenvalue weighted by atomic mass is 32.1. The van der Waals surface area contributed by atoms with E-state index in [9.17, 15) is 0 Å². The van der Waals surface area contributed by atoms with Gasteiger partial charge in [-0.15, -0.1) is 0 Å². The van der Waals surface area contributed by atoms with Gasteiger partial charge >= 0.3 is 0 Å². The van der Waals surface area contributed by atoms with Crippen molar-refractivity contribution in [2.75, 3.05) is 10.8 Å². The van der Waals surface area contributed by atoms with Crippen molar-refractivity contribution in [3.05, 3.63) is 24.7 Å². The zero-order valence-corrected chi connectivity index (χ0v) is 7.20. The number of rotatable bonds is 1. The molecule has 1 aliphatic rings. The fraction of sp³-hybridized carbons (Fsp3) is 0.125. The Balaban J connectivity index is 2.54. The average molecular weight is 177 g/mol. The zero-order chi connectivity index (χ0) is 8.39. The molecule has 3 nitrogen and oxygen atoms in total. The number of hydrogen-bond acceptors (Lipinski definition) is 4. The molecule has 0 saturated heterocycles. The number of pyridine rings is 1. The van der Waals surface area contributed by atoms with E-state index in [2.05, 4.69) is 28.5 Å². The van der Waals surface area contributed by atoms with Crippen LogP contribution in [0.5, 0.6) is 0 Å². The van der Waals surface area contributed by atoms with Crippen molar-refractivity contribution in [3.8, 4) is 0 Å². The first-order valence-corrected chi connectivity index (χ1v) is 4.16. The molecule has 0 aromatic carbocycles. The van der Waals surface area contributed by atoms with E-state index >= 15 is 0 Å². The average Bonchev–Trinajstić information content (AvgIpc) is 2.17. The Hall–Kier alpha value is -1.25. The molecule has 2 heterocycles. The largest absolute Gasteiger partial charge is 0.328 e. The normalized spacial score (nSPS) is 13.2. The fourth-order valence-corrected chi connectivity index (χ4v) is 1.30. The van der Waals surface area contributed by atoms with Gasteiger partial charge in [-0.1, -0.05) is 0 Å². The first-order chi connectivity index (χ1) is 5.92. The summed E-state index contributed by atoms with van der Waals surface area (Å²) in [5, 5.41) is 0. The van der Waals surface area contributed by atoms with Gasteiger partial charge in [-0.3, -0.25) is 4.98 Å². The molecular formula is C8H7N3S. The molecule has 0 unspecified atom stereocenters. The third kappa shape index (κ3) is 1.11. The lowest BCUT2D eigenvalue weighted by molar-refractivity contribution is 1.15. The van der Waals surface area contributed by atoms with Gasteiger partial charge in [-0.25, -0.2) is 4.99 Å². The standard InChI is InChI=1S/C8H7N3S/c12-6-11-4-3-10-7-5-9-2-1-8(7)11/h1-2,4-5,12H,6H2. The van der Waals surface area contributed by atoms with Crippen LogP contribution in [0.3, 0.4) is 0 Å². The van der Waals surface area contributed by atoms with Crippen LogP contribution in [-0.4, -0.2) is 16.7 Å². The molecule has 60 valence electrons. The van der Waals surface area contributed by atoms with E-state index in [4.69, 9.17) is 0 Å². The number of anilines is 1. The summed E-state index contributed by atoms with van der Waals surface area (Å²) in [6.07, 6.45) is 5.23. The number of hydrogen-bond donors (Lipinski definition) is 1. The van der Waals surface area contributed by atoms with Crippen molar-refractivity contribution in [1.82, 2.24) is 4.98 Å². The molecule has 0 radical (unpaired) electrons. The molecule has 4 heteroatoms. The predicted molar refractivity (Wildman–Crippen MR) is 52.2 cm³/mol. The molecule has 1 aromatic rings. The van der Waals surface area contributed by atoms with Gasteiger partial charge in [0.1, 0.15) is 5.69 Å². The Morgan fingerprint density at radius 1 is 1.58 bits per heavy atom. The topological polar surface area (TPSA) is 28.5 Å². The molecular weight excluding hydrogens is 170 g/mol. The minimum atomic E-state index is 0.625. The minimum Gasteiger partial charge on any atom is -0.328 e. The van der Waals surface area contributed by atoms with Crippen LogP contribution >= 0.6 is 12.6 Å². The van der Waals surface area contributed by atoms with Crippen molar-refractivity contribution >= 4 is 29.9 Å². The summed E-state index contributed by atoms with van der Waals surface area (Å²) in [6.45, 7) is 0. The minimum absolute atomic E-state index is 0.625. The highest BCUT2D eigenvalue weighted by Gasteiger charge is 2.08. The molecule has 1 aromatic heterocycles. The monoisotopic (exact) mass is 177 g/mol. The lowest BCUT2D eigenvalue weighted by Gasteiger charge is -2.19. The van der Waals surface area contributed by atoms with E-state index in [-0.39, 0.29) is 0 Å². The molecule has 0 fully saturated rings. The van der Waals surface area contributed by atoms with Crippen LogP contribution in [0.25, 0.3) is 0 Å². The predicted octanol–water partition coefficient (Wildman–Crippen LogP) is 1.60. The van der Waals surface area contributed by atoms with Gasteiger partial charge in [0.2, 0.25) is 0 Å². The van der Waals surface area contributed by atoms with Gasteiger partial charge in [0.15, 0.2) is 0 Å². The van der Waals surface area contributed by atoms with E-state index < -0.39 is 0 Å². The number of fused-ring (bicyclic) bond motifs is 1. The molecule has 2 rings (SSSR count). The number of aromatic nitrogens is 1. The van der Waals surface area contributed by atoms with E-state index in [1.165, 1.54) is 0 Å². The quantitative estimate of drug-likeness (QED) is 0.660. The molecule has 12 heavy (non-hydrogen) atoms. The molecule has 0 N–H and O–H groups in total. The molecule has 0 aliphatic carbocycles. The second kappa shape index (κ2) is 3.01. The van der Waals surface area contributed by atoms with Crippen molar-refractivity contribution in [2.45, 2.75) is 0 Å². The first-order valence-electron chi connectivity index (χ1n) is 3.53. The summed E-state index contributed by atoms with van der Waals surface area (Å²) in [4.78, 5) is 9.97. The Morgan fingerprint density at radius 2 is 2.50 bits per heavy atom. The van der Waals surface area contributed by atoms with Gasteiger partial charge in [-0.05, 0) is 6.07 Å². The maximum atomic E-state index is 4.18. The van der Waals surface area contributed by atoms with E-state index in [0.717, 1.165) is 11.4 Å². The van der Waals surface area contributed by atoms with Crippen molar-refractivity contribution in [3.63, 3.8) is 0 Å². The van der Waals surface area contributed by atoms with Crippen molar-refractivity contribution in [1.29, 1.82) is 0 Å². The van der Waals surface area contributed by atoms with E-state index in [1.807, 2.05) is 11.0 Å². The van der Waals surface area contributed by atoms with E-state index in [1.54, 1.807) is 18.6 Å². The molecule has 0 saturated carbocycles. The van der Waals surface area contributed by atoms with Crippen LogP contribution in [0.2, 0.25) is 0 Å². The first kappa shape index (κ1) is 7.40. The third-order valence-electron chi connectivity index (χ3n) is 1.64. The van der Waals surface area contributed by atoms with Crippen LogP contribution in [0, 0.1) is 0 Å². The van der Waals surface area contributed by atoms with Gasteiger partial charge < -0.3 is 4.90 Å². The SMILES string of the molecule is SCN1C=C=Nc2cnccc21. The molecule has 0 amide bonds. The molecule has 0 spiro atoms. The summed E-state index contributed by atoms with van der Waals surface area (Å²) in [5.74, 6) is 3.40. The number of thiol groups is 1. The summed E-state index contributed by atoms with van der Waals surface area (Å²) >= 11 is 4.18. The van der Waals surface area contributed by atoms with Crippen molar-refractivity contribution < 1.29 is 0 Å². The Kier molecular flexibility index (Phi) is 1.86. The zero-order valence-electron chi connectivity index (χ0n) is 6.31. The Morgan fingerprint density at radius 3 is 3.33 bits per heavy atom. The highest BCUT2D eigenvalue weighted by molar-refractivity contribution is 7.80. The summed E-state index contributed by atoms with van der Waals surface area (Å²) in [7, 11) is 0. The van der Waals surface area contributed by atoms with Crippen molar-refractivity contribution in [2.24, 2.45) is 4.99 Å². The highest BCUT2D eigenvalue weighted by Crippen LogP contribution is 2.28. The molecule has 1 aliphatic heterocycles. The number of nitrogens with zero attached hydrogens (tertiary/aromatic N) is 3. The Labute approximate surface area is 75.9 Å². The van der Waals surface area contributed by atoms with Crippen LogP contribution in [0.1, 0.15) is 0 Å². The smallest absolute Gasteiger partial charge is 0.115 e. The molecule has 0 bridgehead atoms. The summed E-state index contributed by atoms with van der Waals surface area (Å²) < 4.78 is 0. The Bertz CT molecular complexity index is 355. The van der Waals surface area contributed by atoms with Crippen LogP contribution in [-0.2, 0) is 0 Å². The van der Waals surface area contributed by atoms with Gasteiger partial charge in [0.25, 0.3) is 0 Å². The van der Waals surface area contributed by atoms with Gasteiger partial charge in [0, 0.05) is 12.1 Å². The lowest BCUT2D eigenvalue weighted by Crippen LogP contribution is -2.15. The van der Waals surface area contributed by atoms with E-state index in [0.29, 0.717) is 5.88 Å². The van der Waals surface area contributed by atoms with Crippen LogP contribution in [0.4, 0.5) is 11.4 Å². The molecule has 0 atom stereocenters. The second-order valence-corrected chi connectivity index (χ2v) is 2.63. The summed E-state index contributed by atoms with van der Waals surface area (Å²) in [6, 6.07) is 1.91. The maximum Gasteiger partial charge on any atom is 0.115 e. The van der Waals surface area contributed by atoms with Gasteiger partial charge in [0.05, 0.1) is 24.0 Å². The second-order valence-electron chi connectivity index (χ2n) is 2.35. The van der Waals surface area contributed by atoms with Crippen LogP contribution < -0.4 is 4.90 Å². The lowest BCUT2D eigenvalue weighted by atomic mass is 10.3. The van der Waals surface area contributed by atoms with Gasteiger partial charge in [-0.2, -0.15) is 12.6 Å². The number of aliphatic imine (C=N–C) groups is 1. The third-order valence-corrected chi connectivity index (χ3v) is 1.94. The van der Waals surface area contributed by atoms with Crippen LogP contribution in [0.15, 0.2) is 29.7 Å². The fourth-order valence-electron chi connectivity index (χ4n) is 1.06.